The molecule has 1 aliphatic rings. The van der Waals surface area contributed by atoms with Gasteiger partial charge in [0.05, 0.1) is 5.52 Å². The number of hydrogen-bond acceptors (Lipinski definition) is 4. The summed E-state index contributed by atoms with van der Waals surface area (Å²) in [6, 6.07) is 16.2. The molecule has 2 aromatic carbocycles. The number of benzene rings is 2. The van der Waals surface area contributed by atoms with E-state index in [1.807, 2.05) is 40.9 Å². The number of rotatable bonds is 3. The molecule has 5 nitrogen and oxygen atoms in total. The minimum Gasteiger partial charge on any atom is -0.298 e. The normalized spacial score (nSPS) is 18.3. The Kier molecular flexibility index (Phi) is 4.26. The van der Waals surface area contributed by atoms with Gasteiger partial charge in [0, 0.05) is 29.4 Å². The van der Waals surface area contributed by atoms with Crippen molar-refractivity contribution >= 4 is 28.2 Å². The van der Waals surface area contributed by atoms with Crippen molar-refractivity contribution in [2.24, 2.45) is 0 Å². The Morgan fingerprint density at radius 3 is 2.85 bits per heavy atom. The summed E-state index contributed by atoms with van der Waals surface area (Å²) in [5.74, 6) is 1.25. The van der Waals surface area contributed by atoms with Crippen molar-refractivity contribution in [2.45, 2.75) is 25.3 Å². The first-order valence-electron chi connectivity index (χ1n) is 9.34. The second kappa shape index (κ2) is 6.91. The van der Waals surface area contributed by atoms with Gasteiger partial charge in [0.25, 0.3) is 0 Å². The van der Waals surface area contributed by atoms with E-state index >= 15 is 0 Å². The molecule has 0 saturated carbocycles. The lowest BCUT2D eigenvalue weighted by atomic mass is 9.97. The molecule has 3 heterocycles. The number of likely N-dealkylation sites (tertiary alicyclic amines) is 1. The van der Waals surface area contributed by atoms with E-state index in [-0.39, 0.29) is 0 Å². The zero-order valence-corrected chi connectivity index (χ0v) is 15.7. The van der Waals surface area contributed by atoms with Gasteiger partial charge in [0.1, 0.15) is 6.33 Å². The van der Waals surface area contributed by atoms with E-state index in [9.17, 15) is 0 Å². The van der Waals surface area contributed by atoms with Gasteiger partial charge in [-0.1, -0.05) is 41.9 Å². The molecular weight excluding hydrogens is 358 g/mol. The monoisotopic (exact) mass is 377 g/mol. The van der Waals surface area contributed by atoms with Gasteiger partial charge < -0.3 is 0 Å². The van der Waals surface area contributed by atoms with E-state index in [4.69, 9.17) is 21.7 Å². The summed E-state index contributed by atoms with van der Waals surface area (Å²) in [4.78, 5) is 11.8. The molecule has 0 amide bonds. The Labute approximate surface area is 162 Å². The van der Waals surface area contributed by atoms with Crippen molar-refractivity contribution in [3.8, 4) is 0 Å². The van der Waals surface area contributed by atoms with Gasteiger partial charge in [0.2, 0.25) is 0 Å². The molecule has 1 atom stereocenters. The maximum Gasteiger partial charge on any atom is 0.166 e. The van der Waals surface area contributed by atoms with Crippen LogP contribution in [0.4, 0.5) is 0 Å². The fraction of sp³-hybridized carbons (Fsp3) is 0.286. The van der Waals surface area contributed by atoms with Gasteiger partial charge in [-0.15, -0.1) is 5.10 Å². The fourth-order valence-corrected chi connectivity index (χ4v) is 4.14. The van der Waals surface area contributed by atoms with Gasteiger partial charge in [-0.05, 0) is 43.1 Å². The third-order valence-corrected chi connectivity index (χ3v) is 5.69. The van der Waals surface area contributed by atoms with Gasteiger partial charge >= 0.3 is 0 Å². The highest BCUT2D eigenvalue weighted by Crippen LogP contribution is 2.28. The minimum atomic E-state index is 0.333. The van der Waals surface area contributed by atoms with Crippen molar-refractivity contribution in [1.82, 2.24) is 24.5 Å². The Hall–Kier alpha value is -2.50. The molecule has 0 radical (unpaired) electrons. The Morgan fingerprint density at radius 2 is 1.93 bits per heavy atom. The highest BCUT2D eigenvalue weighted by Gasteiger charge is 2.25. The Balaban J connectivity index is 1.42. The Bertz CT molecular complexity index is 1110. The summed E-state index contributed by atoms with van der Waals surface area (Å²) in [6.07, 6.45) is 4.02. The summed E-state index contributed by atoms with van der Waals surface area (Å²) < 4.78 is 1.81. The summed E-state index contributed by atoms with van der Waals surface area (Å²) in [7, 11) is 0. The second-order valence-electron chi connectivity index (χ2n) is 7.17. The SMILES string of the molecule is Clc1ccccc1CN1CCC[C@@H](c2nc3c4ccccc4ncn3n2)C1. The second-order valence-corrected chi connectivity index (χ2v) is 7.57. The largest absolute Gasteiger partial charge is 0.298 e. The molecule has 6 heteroatoms. The topological polar surface area (TPSA) is 46.3 Å². The maximum absolute atomic E-state index is 6.34. The number of halogens is 1. The molecule has 4 aromatic rings. The van der Waals surface area contributed by atoms with Gasteiger partial charge in [-0.2, -0.15) is 0 Å². The zero-order chi connectivity index (χ0) is 18.2. The molecule has 0 bridgehead atoms. The first-order chi connectivity index (χ1) is 13.3. The molecule has 5 rings (SSSR count). The number of para-hydroxylation sites is 1. The molecule has 136 valence electrons. The van der Waals surface area contributed by atoms with Crippen molar-refractivity contribution in [2.75, 3.05) is 13.1 Å². The number of fused-ring (bicyclic) bond motifs is 3. The van der Waals surface area contributed by atoms with E-state index in [0.29, 0.717) is 5.92 Å². The molecule has 1 fully saturated rings. The average Bonchev–Trinajstić information content (AvgIpc) is 3.15. The van der Waals surface area contributed by atoms with Gasteiger partial charge in [-0.3, -0.25) is 4.90 Å². The van der Waals surface area contributed by atoms with Crippen LogP contribution in [0.25, 0.3) is 16.6 Å². The van der Waals surface area contributed by atoms with Crippen LogP contribution in [-0.4, -0.2) is 37.6 Å². The van der Waals surface area contributed by atoms with Crippen LogP contribution in [0.15, 0.2) is 54.9 Å². The molecule has 0 unspecified atom stereocenters. The predicted molar refractivity (Wildman–Crippen MR) is 107 cm³/mol. The van der Waals surface area contributed by atoms with Crippen LogP contribution in [0.5, 0.6) is 0 Å². The van der Waals surface area contributed by atoms with Crippen molar-refractivity contribution in [1.29, 1.82) is 0 Å². The summed E-state index contributed by atoms with van der Waals surface area (Å²) in [5, 5.41) is 6.62. The molecule has 1 saturated heterocycles. The lowest BCUT2D eigenvalue weighted by Crippen LogP contribution is -2.34. The molecule has 0 N–H and O–H groups in total. The van der Waals surface area contributed by atoms with Crippen LogP contribution in [0.3, 0.4) is 0 Å². The lowest BCUT2D eigenvalue weighted by molar-refractivity contribution is 0.196. The average molecular weight is 378 g/mol. The van der Waals surface area contributed by atoms with Gasteiger partial charge in [-0.25, -0.2) is 14.5 Å². The highest BCUT2D eigenvalue weighted by molar-refractivity contribution is 6.31. The summed E-state index contributed by atoms with van der Waals surface area (Å²) in [6.45, 7) is 2.90. The van der Waals surface area contributed by atoms with Crippen LogP contribution in [0.2, 0.25) is 5.02 Å². The predicted octanol–water partition coefficient (Wildman–Crippen LogP) is 4.31. The van der Waals surface area contributed by atoms with Crippen LogP contribution in [0, 0.1) is 0 Å². The number of hydrogen-bond donors (Lipinski definition) is 0. The first-order valence-corrected chi connectivity index (χ1v) is 9.71. The third-order valence-electron chi connectivity index (χ3n) is 5.32. The van der Waals surface area contributed by atoms with Crippen LogP contribution >= 0.6 is 11.6 Å². The van der Waals surface area contributed by atoms with E-state index < -0.39 is 0 Å². The van der Waals surface area contributed by atoms with E-state index in [1.165, 1.54) is 5.56 Å². The zero-order valence-electron chi connectivity index (χ0n) is 14.9. The fourth-order valence-electron chi connectivity index (χ4n) is 3.95. The van der Waals surface area contributed by atoms with E-state index in [1.54, 1.807) is 6.33 Å². The molecule has 1 aliphatic heterocycles. The molecule has 2 aromatic heterocycles. The van der Waals surface area contributed by atoms with Crippen LogP contribution < -0.4 is 0 Å². The van der Waals surface area contributed by atoms with E-state index in [2.05, 4.69) is 22.0 Å². The quantitative estimate of drug-likeness (QED) is 0.533. The van der Waals surface area contributed by atoms with E-state index in [0.717, 1.165) is 59.9 Å². The van der Waals surface area contributed by atoms with Gasteiger partial charge in [0.15, 0.2) is 11.5 Å². The number of piperidine rings is 1. The molecule has 27 heavy (non-hydrogen) atoms. The molecule has 0 aliphatic carbocycles. The van der Waals surface area contributed by atoms with Crippen LogP contribution in [0.1, 0.15) is 30.1 Å². The smallest absolute Gasteiger partial charge is 0.166 e. The highest BCUT2D eigenvalue weighted by atomic mass is 35.5. The van der Waals surface area contributed by atoms with Crippen molar-refractivity contribution in [3.05, 3.63) is 71.3 Å². The lowest BCUT2D eigenvalue weighted by Gasteiger charge is -2.31. The summed E-state index contributed by atoms with van der Waals surface area (Å²) >= 11 is 6.34. The molecule has 0 spiro atoms. The first kappa shape index (κ1) is 16.7. The minimum absolute atomic E-state index is 0.333. The standard InChI is InChI=1S/C21H20ClN5/c22-18-9-3-1-6-15(18)12-26-11-5-7-16(13-26)20-24-21-17-8-2-4-10-19(17)23-14-27(21)25-20/h1-4,6,8-10,14,16H,5,7,11-13H2/t16-/m1/s1. The van der Waals surface area contributed by atoms with Crippen molar-refractivity contribution < 1.29 is 0 Å². The number of nitrogens with zero attached hydrogens (tertiary/aromatic N) is 5. The van der Waals surface area contributed by atoms with Crippen molar-refractivity contribution in [3.63, 3.8) is 0 Å². The maximum atomic E-state index is 6.34. The van der Waals surface area contributed by atoms with Crippen LogP contribution in [-0.2, 0) is 6.54 Å². The molecular formula is C21H20ClN5. The third kappa shape index (κ3) is 3.17. The summed E-state index contributed by atoms with van der Waals surface area (Å²) in [5.41, 5.74) is 3.02. The Morgan fingerprint density at radius 1 is 1.07 bits per heavy atom. The number of aromatic nitrogens is 4.